The van der Waals surface area contributed by atoms with Crippen molar-refractivity contribution in [2.24, 2.45) is 0 Å². The number of hydrogen-bond donors (Lipinski definition) is 1. The number of rotatable bonds is 5. The molecule has 112 valence electrons. The van der Waals surface area contributed by atoms with Crippen molar-refractivity contribution in [2.45, 2.75) is 31.1 Å². The molecule has 1 aromatic carbocycles. The number of benzene rings is 1. The van der Waals surface area contributed by atoms with Gasteiger partial charge in [0.05, 0.1) is 4.90 Å². The molecular weight excluding hydrogens is 352 g/mol. The van der Waals surface area contributed by atoms with E-state index in [4.69, 9.17) is 0 Å². The molecule has 2 rings (SSSR count). The van der Waals surface area contributed by atoms with E-state index in [1.807, 2.05) is 12.1 Å². The average molecular weight is 369 g/mol. The van der Waals surface area contributed by atoms with E-state index in [1.54, 1.807) is 30.5 Å². The molecule has 0 spiro atoms. The minimum atomic E-state index is -3.60. The third-order valence-corrected chi connectivity index (χ3v) is 5.18. The van der Waals surface area contributed by atoms with Crippen molar-refractivity contribution in [3.05, 3.63) is 52.6 Å². The summed E-state index contributed by atoms with van der Waals surface area (Å²) in [6.07, 6.45) is 2.57. The molecule has 21 heavy (non-hydrogen) atoms. The minimum absolute atomic E-state index is 0.235. The van der Waals surface area contributed by atoms with E-state index in [-0.39, 0.29) is 4.90 Å². The molecule has 0 bridgehead atoms. The SMILES string of the molecule is CC[C@H](C)c1ccc(S(=O)(=O)Nc2ccc(Br)cn2)cc1. The average Bonchev–Trinajstić information content (AvgIpc) is 2.49. The smallest absolute Gasteiger partial charge is 0.263 e. The molecule has 0 aliphatic heterocycles. The number of halogens is 1. The Labute approximate surface area is 133 Å². The third kappa shape index (κ3) is 4.04. The van der Waals surface area contributed by atoms with Crippen LogP contribution in [0.4, 0.5) is 5.82 Å². The lowest BCUT2D eigenvalue weighted by atomic mass is 9.99. The lowest BCUT2D eigenvalue weighted by Crippen LogP contribution is -2.13. The van der Waals surface area contributed by atoms with Gasteiger partial charge in [0.1, 0.15) is 5.82 Å². The Bertz CT molecular complexity index is 697. The maximum atomic E-state index is 12.3. The Morgan fingerprint density at radius 3 is 2.38 bits per heavy atom. The topological polar surface area (TPSA) is 59.1 Å². The highest BCUT2D eigenvalue weighted by Crippen LogP contribution is 2.21. The maximum Gasteiger partial charge on any atom is 0.263 e. The molecule has 1 heterocycles. The first-order chi connectivity index (χ1) is 9.92. The van der Waals surface area contributed by atoms with Crippen LogP contribution in [0.3, 0.4) is 0 Å². The zero-order valence-electron chi connectivity index (χ0n) is 11.9. The number of nitrogens with zero attached hydrogens (tertiary/aromatic N) is 1. The predicted molar refractivity (Wildman–Crippen MR) is 87.9 cm³/mol. The van der Waals surface area contributed by atoms with Gasteiger partial charge in [0.15, 0.2) is 0 Å². The van der Waals surface area contributed by atoms with Gasteiger partial charge in [-0.05, 0) is 58.1 Å². The molecule has 0 aliphatic rings. The summed E-state index contributed by atoms with van der Waals surface area (Å²) in [5.74, 6) is 0.715. The number of anilines is 1. The van der Waals surface area contributed by atoms with E-state index >= 15 is 0 Å². The highest BCUT2D eigenvalue weighted by Gasteiger charge is 2.15. The van der Waals surface area contributed by atoms with Crippen molar-refractivity contribution in [3.8, 4) is 0 Å². The fraction of sp³-hybridized carbons (Fsp3) is 0.267. The lowest BCUT2D eigenvalue weighted by molar-refractivity contribution is 0.601. The van der Waals surface area contributed by atoms with E-state index in [1.165, 1.54) is 0 Å². The second kappa shape index (κ2) is 6.58. The Morgan fingerprint density at radius 2 is 1.86 bits per heavy atom. The Balaban J connectivity index is 2.21. The molecule has 1 atom stereocenters. The quantitative estimate of drug-likeness (QED) is 0.861. The van der Waals surface area contributed by atoms with Crippen molar-refractivity contribution in [1.29, 1.82) is 0 Å². The van der Waals surface area contributed by atoms with Crippen molar-refractivity contribution >= 4 is 31.8 Å². The van der Waals surface area contributed by atoms with Gasteiger partial charge in [0, 0.05) is 10.7 Å². The van der Waals surface area contributed by atoms with Crippen molar-refractivity contribution in [2.75, 3.05) is 4.72 Å². The van der Waals surface area contributed by atoms with Crippen LogP contribution in [0, 0.1) is 0 Å². The first-order valence-corrected chi connectivity index (χ1v) is 8.94. The van der Waals surface area contributed by atoms with Gasteiger partial charge in [0.25, 0.3) is 10.0 Å². The maximum absolute atomic E-state index is 12.3. The third-order valence-electron chi connectivity index (χ3n) is 3.34. The summed E-state index contributed by atoms with van der Waals surface area (Å²) < 4.78 is 27.8. The highest BCUT2D eigenvalue weighted by molar-refractivity contribution is 9.10. The van der Waals surface area contributed by atoms with Crippen LogP contribution in [0.25, 0.3) is 0 Å². The van der Waals surface area contributed by atoms with Gasteiger partial charge in [-0.3, -0.25) is 4.72 Å². The fourth-order valence-corrected chi connectivity index (χ4v) is 3.09. The molecule has 0 fully saturated rings. The van der Waals surface area contributed by atoms with Crippen LogP contribution in [-0.4, -0.2) is 13.4 Å². The second-order valence-corrected chi connectivity index (χ2v) is 7.44. The van der Waals surface area contributed by atoms with Gasteiger partial charge in [-0.1, -0.05) is 26.0 Å². The van der Waals surface area contributed by atoms with Crippen LogP contribution < -0.4 is 4.72 Å². The number of sulfonamides is 1. The summed E-state index contributed by atoms with van der Waals surface area (Å²) in [5.41, 5.74) is 1.14. The zero-order chi connectivity index (χ0) is 15.5. The Kier molecular flexibility index (Phi) is 5.00. The minimum Gasteiger partial charge on any atom is -0.263 e. The molecule has 4 nitrogen and oxygen atoms in total. The Morgan fingerprint density at radius 1 is 1.19 bits per heavy atom. The summed E-state index contributed by atoms with van der Waals surface area (Å²) in [6, 6.07) is 10.3. The summed E-state index contributed by atoms with van der Waals surface area (Å²) in [5, 5.41) is 0. The molecular formula is C15H17BrN2O2S. The molecule has 0 radical (unpaired) electrons. The lowest BCUT2D eigenvalue weighted by Gasteiger charge is -2.11. The van der Waals surface area contributed by atoms with Crippen LogP contribution in [-0.2, 0) is 10.0 Å². The van der Waals surface area contributed by atoms with Crippen LogP contribution in [0.15, 0.2) is 52.0 Å². The standard InChI is InChI=1S/C15H17BrN2O2S/c1-3-11(2)12-4-7-14(8-5-12)21(19,20)18-15-9-6-13(16)10-17-15/h4-11H,3H2,1-2H3,(H,17,18)/t11-/m0/s1. The van der Waals surface area contributed by atoms with E-state index in [9.17, 15) is 8.42 Å². The number of hydrogen-bond acceptors (Lipinski definition) is 3. The number of aromatic nitrogens is 1. The van der Waals surface area contributed by atoms with Crippen molar-refractivity contribution in [3.63, 3.8) is 0 Å². The van der Waals surface area contributed by atoms with Crippen molar-refractivity contribution in [1.82, 2.24) is 4.98 Å². The summed E-state index contributed by atoms with van der Waals surface area (Å²) in [6.45, 7) is 4.23. The molecule has 0 aliphatic carbocycles. The summed E-state index contributed by atoms with van der Waals surface area (Å²) >= 11 is 3.26. The van der Waals surface area contributed by atoms with Gasteiger partial charge in [-0.15, -0.1) is 0 Å². The van der Waals surface area contributed by atoms with Crippen LogP contribution in [0.5, 0.6) is 0 Å². The van der Waals surface area contributed by atoms with Gasteiger partial charge in [-0.25, -0.2) is 13.4 Å². The molecule has 2 aromatic rings. The largest absolute Gasteiger partial charge is 0.263 e. The molecule has 0 saturated heterocycles. The van der Waals surface area contributed by atoms with Gasteiger partial charge < -0.3 is 0 Å². The van der Waals surface area contributed by atoms with Gasteiger partial charge in [0.2, 0.25) is 0 Å². The molecule has 1 aromatic heterocycles. The van der Waals surface area contributed by atoms with E-state index in [0.717, 1.165) is 16.5 Å². The zero-order valence-corrected chi connectivity index (χ0v) is 14.3. The first kappa shape index (κ1) is 16.0. The fourth-order valence-electron chi connectivity index (χ4n) is 1.84. The monoisotopic (exact) mass is 368 g/mol. The van der Waals surface area contributed by atoms with Crippen LogP contribution in [0.1, 0.15) is 31.7 Å². The van der Waals surface area contributed by atoms with Gasteiger partial charge >= 0.3 is 0 Å². The normalized spacial score (nSPS) is 12.9. The summed E-state index contributed by atoms with van der Waals surface area (Å²) in [4.78, 5) is 4.25. The van der Waals surface area contributed by atoms with Crippen LogP contribution >= 0.6 is 15.9 Å². The van der Waals surface area contributed by atoms with Gasteiger partial charge in [-0.2, -0.15) is 0 Å². The molecule has 1 N–H and O–H groups in total. The second-order valence-electron chi connectivity index (χ2n) is 4.85. The molecule has 0 amide bonds. The van der Waals surface area contributed by atoms with Crippen LogP contribution in [0.2, 0.25) is 0 Å². The molecule has 6 heteroatoms. The molecule has 0 unspecified atom stereocenters. The number of nitrogens with one attached hydrogen (secondary N) is 1. The van der Waals surface area contributed by atoms with E-state index < -0.39 is 10.0 Å². The van der Waals surface area contributed by atoms with E-state index in [2.05, 4.69) is 39.5 Å². The Hall–Kier alpha value is -1.40. The summed E-state index contributed by atoms with van der Waals surface area (Å²) in [7, 11) is -3.60. The first-order valence-electron chi connectivity index (χ1n) is 6.66. The predicted octanol–water partition coefficient (Wildman–Crippen LogP) is 4.16. The highest BCUT2D eigenvalue weighted by atomic mass is 79.9. The van der Waals surface area contributed by atoms with E-state index in [0.29, 0.717) is 11.7 Å². The number of pyridine rings is 1. The molecule has 0 saturated carbocycles. The van der Waals surface area contributed by atoms with Crippen molar-refractivity contribution < 1.29 is 8.42 Å².